The Labute approximate surface area is 353 Å². The van der Waals surface area contributed by atoms with Crippen LogP contribution in [0.3, 0.4) is 0 Å². The van der Waals surface area contributed by atoms with Crippen LogP contribution < -0.4 is 15.2 Å². The molecule has 2 heterocycles. The summed E-state index contributed by atoms with van der Waals surface area (Å²) in [6, 6.07) is 7.39. The third-order valence-corrected chi connectivity index (χ3v) is 10.8. The number of carbonyl (C=O) groups excluding carboxylic acids is 2. The average Bonchev–Trinajstić information content (AvgIpc) is 3.82. The third-order valence-electron chi connectivity index (χ3n) is 8.76. The molecule has 0 bridgehead atoms. The van der Waals surface area contributed by atoms with E-state index in [-0.39, 0.29) is 39.5 Å². The number of nitrogens with zero attached hydrogens (tertiary/aromatic N) is 7. The zero-order valence-electron chi connectivity index (χ0n) is 36.5. The smallest absolute Gasteiger partial charge is 0.308 e. The lowest BCUT2D eigenvalue weighted by atomic mass is 9.92. The molecule has 0 radical (unpaired) electrons. The van der Waals surface area contributed by atoms with Crippen LogP contribution in [-0.2, 0) is 37.9 Å². The van der Waals surface area contributed by atoms with E-state index in [0.717, 1.165) is 17.7 Å². The van der Waals surface area contributed by atoms with Crippen LogP contribution >= 0.6 is 0 Å². The van der Waals surface area contributed by atoms with Crippen LogP contribution in [0.25, 0.3) is 0 Å². The molecule has 0 saturated heterocycles. The number of urea groups is 1. The van der Waals surface area contributed by atoms with Crippen LogP contribution in [0.15, 0.2) is 63.8 Å². The first-order valence-electron chi connectivity index (χ1n) is 19.2. The van der Waals surface area contributed by atoms with Gasteiger partial charge in [-0.05, 0) is 111 Å². The number of nitrogens with two attached hydrogens (primary N) is 1. The number of nitrogens with one attached hydrogen (secondary N) is 2. The van der Waals surface area contributed by atoms with E-state index in [0.29, 0.717) is 42.1 Å². The topological polar surface area (TPSA) is 207 Å². The number of benzene rings is 2. The van der Waals surface area contributed by atoms with Crippen LogP contribution in [0.1, 0.15) is 101 Å². The molecule has 4 N–H and O–H groups in total. The number of amides is 2. The molecule has 0 spiro atoms. The predicted molar refractivity (Wildman–Crippen MR) is 229 cm³/mol. The van der Waals surface area contributed by atoms with E-state index in [1.807, 2.05) is 98.1 Å². The Kier molecular flexibility index (Phi) is 19.4. The highest BCUT2D eigenvalue weighted by molar-refractivity contribution is 7.90. The molecule has 0 aliphatic carbocycles. The Morgan fingerprint density at radius 3 is 1.47 bits per heavy atom. The fraction of sp³-hybridized carbons (Fsp3) is 0.500. The molecular weight excluding hydrogens is 819 g/mol. The number of isocyanates is 1. The molecule has 20 heteroatoms. The van der Waals surface area contributed by atoms with Gasteiger partial charge in [-0.15, -0.1) is 0 Å². The van der Waals surface area contributed by atoms with Crippen molar-refractivity contribution < 1.29 is 35.2 Å². The Balaban J connectivity index is 0.000000346. The zero-order chi connectivity index (χ0) is 45.7. The fourth-order valence-electron chi connectivity index (χ4n) is 5.55. The minimum atomic E-state index is -4.15. The maximum Gasteiger partial charge on any atom is 0.333 e. The number of carbonyl (C=O) groups is 1. The first kappa shape index (κ1) is 51.3. The quantitative estimate of drug-likeness (QED) is 0.0876. The monoisotopic (exact) mass is 878 g/mol. The van der Waals surface area contributed by atoms with E-state index < -0.39 is 31.9 Å². The van der Waals surface area contributed by atoms with Gasteiger partial charge in [-0.2, -0.15) is 23.6 Å². The van der Waals surface area contributed by atoms with Crippen molar-refractivity contribution in [1.82, 2.24) is 34.1 Å². The normalized spacial score (nSPS) is 11.8. The van der Waals surface area contributed by atoms with Crippen molar-refractivity contribution >= 4 is 43.5 Å². The molecule has 60 heavy (non-hydrogen) atoms. The molecule has 332 valence electrons. The number of aromatic nitrogens is 4. The Hall–Kier alpha value is -4.85. The second kappa shape index (κ2) is 22.7. The molecule has 0 aliphatic heterocycles. The van der Waals surface area contributed by atoms with Crippen molar-refractivity contribution in [3.63, 3.8) is 0 Å². The van der Waals surface area contributed by atoms with Crippen molar-refractivity contribution in [3.8, 4) is 0 Å². The minimum Gasteiger partial charge on any atom is -0.308 e. The van der Waals surface area contributed by atoms with Gasteiger partial charge in [0.15, 0.2) is 10.1 Å². The first-order valence-corrected chi connectivity index (χ1v) is 22.3. The number of hydrogen-bond donors (Lipinski definition) is 3. The summed E-state index contributed by atoms with van der Waals surface area (Å²) in [7, 11) is -0.146. The van der Waals surface area contributed by atoms with Crippen molar-refractivity contribution in [3.05, 3.63) is 82.7 Å². The van der Waals surface area contributed by atoms with Crippen molar-refractivity contribution in [2.24, 2.45) is 10.1 Å². The summed E-state index contributed by atoms with van der Waals surface area (Å²) in [5, 5.41) is 15.0. The second-order valence-electron chi connectivity index (χ2n) is 15.8. The number of hydrogen-bond acceptors (Lipinski definition) is 11. The van der Waals surface area contributed by atoms with Crippen LogP contribution in [0.4, 0.5) is 25.0 Å². The van der Waals surface area contributed by atoms with Gasteiger partial charge in [0, 0.05) is 31.2 Å². The highest BCUT2D eigenvalue weighted by Gasteiger charge is 2.24. The largest absolute Gasteiger partial charge is 0.333 e. The lowest BCUT2D eigenvalue weighted by Gasteiger charge is -2.20. The SMILES string of the molecule is CC(C)c1cc(F)cc(C(C)C)c1N=C=O.CC(C)c1cc(F)cc(C(C)C)c1NC(=O)NS(=O)(=O)c1ccn(CCN(C)C)n1.CN(C)CCn1ccc(S(N)(=O)=O)n1. The van der Waals surface area contributed by atoms with Gasteiger partial charge in [0.05, 0.1) is 18.8 Å². The van der Waals surface area contributed by atoms with Crippen molar-refractivity contribution in [2.45, 2.75) is 102 Å². The summed E-state index contributed by atoms with van der Waals surface area (Å²) in [5.41, 5.74) is 3.70. The van der Waals surface area contributed by atoms with Gasteiger partial charge in [0.1, 0.15) is 11.6 Å². The molecule has 4 aromatic rings. The highest BCUT2D eigenvalue weighted by atomic mass is 32.2. The Bertz CT molecular complexity index is 2260. The van der Waals surface area contributed by atoms with Gasteiger partial charge in [-0.1, -0.05) is 55.4 Å². The van der Waals surface area contributed by atoms with Gasteiger partial charge in [-0.25, -0.2) is 36.6 Å². The number of anilines is 1. The Morgan fingerprint density at radius 2 is 1.12 bits per heavy atom. The van der Waals surface area contributed by atoms with E-state index in [2.05, 4.69) is 20.5 Å². The molecule has 4 rings (SSSR count). The molecule has 16 nitrogen and oxygen atoms in total. The zero-order valence-corrected chi connectivity index (χ0v) is 38.1. The molecule has 0 atom stereocenters. The Morgan fingerprint density at radius 1 is 0.733 bits per heavy atom. The van der Waals surface area contributed by atoms with Gasteiger partial charge in [0.25, 0.3) is 20.0 Å². The van der Waals surface area contributed by atoms with Crippen LogP contribution in [-0.4, -0.2) is 99.6 Å². The van der Waals surface area contributed by atoms with E-state index in [1.54, 1.807) is 23.2 Å². The number of halogens is 2. The number of rotatable bonds is 15. The number of sulfonamides is 2. The molecule has 0 aliphatic rings. The number of aliphatic imine (C=N–C) groups is 1. The fourth-order valence-corrected chi connectivity index (χ4v) is 6.87. The van der Waals surface area contributed by atoms with Crippen LogP contribution in [0.2, 0.25) is 0 Å². The number of likely N-dealkylation sites (N-methyl/N-ethyl adjacent to an activating group) is 2. The second-order valence-corrected chi connectivity index (χ2v) is 18.9. The molecular formula is C40H60F2N10O6S2. The van der Waals surface area contributed by atoms with E-state index in [1.165, 1.54) is 41.1 Å². The van der Waals surface area contributed by atoms with Gasteiger partial charge in [0.2, 0.25) is 6.08 Å². The summed E-state index contributed by atoms with van der Waals surface area (Å²) in [6.45, 7) is 17.9. The predicted octanol–water partition coefficient (Wildman–Crippen LogP) is 6.47. The molecule has 0 saturated carbocycles. The van der Waals surface area contributed by atoms with E-state index >= 15 is 0 Å². The van der Waals surface area contributed by atoms with E-state index in [9.17, 15) is 35.2 Å². The minimum absolute atomic E-state index is 0.0718. The molecule has 0 unspecified atom stereocenters. The summed E-state index contributed by atoms with van der Waals surface area (Å²) in [4.78, 5) is 30.6. The summed E-state index contributed by atoms with van der Waals surface area (Å²) in [5.74, 6) is -0.572. The maximum atomic E-state index is 14.0. The van der Waals surface area contributed by atoms with Crippen molar-refractivity contribution in [1.29, 1.82) is 0 Å². The molecule has 2 aromatic carbocycles. The summed E-state index contributed by atoms with van der Waals surface area (Å²) < 4.78 is 79.4. The van der Waals surface area contributed by atoms with Gasteiger partial charge >= 0.3 is 6.03 Å². The summed E-state index contributed by atoms with van der Waals surface area (Å²) >= 11 is 0. The van der Waals surface area contributed by atoms with Gasteiger partial charge < -0.3 is 15.1 Å². The lowest BCUT2D eigenvalue weighted by molar-refractivity contribution is 0.256. The van der Waals surface area contributed by atoms with Gasteiger partial charge in [-0.3, -0.25) is 9.36 Å². The molecule has 0 fully saturated rings. The highest BCUT2D eigenvalue weighted by Crippen LogP contribution is 2.36. The van der Waals surface area contributed by atoms with E-state index in [4.69, 9.17) is 5.14 Å². The maximum absolute atomic E-state index is 14.0. The summed E-state index contributed by atoms with van der Waals surface area (Å²) in [6.07, 6.45) is 4.69. The van der Waals surface area contributed by atoms with Crippen molar-refractivity contribution in [2.75, 3.05) is 46.6 Å². The standard InChI is InChI=1S/C20H30FN5O3S.C13H16FNO.C7H14N4O2S/c1-13(2)16-11-15(21)12-17(14(3)4)19(16)22-20(27)24-30(28,29)18-7-8-26(23-18)10-9-25(5)6;1-8(2)11-5-10(14)6-12(9(3)4)13(11)15-7-16;1-10(2)5-6-11-4-3-7(9-11)14(8,12)13/h7-8,11-14H,9-10H2,1-6H3,(H2,22,24,27);5-6,8-9H,1-4H3;3-4H,5-6H2,1-2H3,(H2,8,12,13). The van der Waals surface area contributed by atoms with Crippen LogP contribution in [0.5, 0.6) is 0 Å². The third kappa shape index (κ3) is 16.0. The van der Waals surface area contributed by atoms with Crippen LogP contribution in [0, 0.1) is 11.6 Å². The first-order chi connectivity index (χ1) is 27.8. The molecule has 2 amide bonds. The molecule has 2 aromatic heterocycles. The average molecular weight is 879 g/mol. The number of primary sulfonamides is 1. The lowest BCUT2D eigenvalue weighted by Crippen LogP contribution is -2.35.